The number of anilines is 2. The first-order valence-electron chi connectivity index (χ1n) is 5.80. The van der Waals surface area contributed by atoms with Crippen molar-refractivity contribution in [3.63, 3.8) is 0 Å². The van der Waals surface area contributed by atoms with Gasteiger partial charge in [-0.25, -0.2) is 9.59 Å². The molecule has 0 radical (unpaired) electrons. The van der Waals surface area contributed by atoms with E-state index in [4.69, 9.17) is 9.94 Å². The Morgan fingerprint density at radius 3 is 2.75 bits per heavy atom. The fourth-order valence-corrected chi connectivity index (χ4v) is 1.31. The third-order valence-electron chi connectivity index (χ3n) is 2.33. The summed E-state index contributed by atoms with van der Waals surface area (Å²) in [6.45, 7) is 4.92. The first-order chi connectivity index (χ1) is 9.56. The summed E-state index contributed by atoms with van der Waals surface area (Å²) in [5.74, 6) is -0.577. The molecule has 0 aromatic heterocycles. The van der Waals surface area contributed by atoms with Crippen molar-refractivity contribution in [2.45, 2.75) is 6.92 Å². The highest BCUT2D eigenvalue weighted by atomic mass is 16.6. The molecule has 0 fully saturated rings. The molecule has 3 N–H and O–H groups in total. The van der Waals surface area contributed by atoms with E-state index in [9.17, 15) is 9.59 Å². The van der Waals surface area contributed by atoms with E-state index in [1.165, 1.54) is 0 Å². The number of nitrogens with one attached hydrogen (secondary N) is 2. The Bertz CT molecular complexity index is 511. The zero-order valence-corrected chi connectivity index (χ0v) is 11.0. The van der Waals surface area contributed by atoms with Gasteiger partial charge in [-0.3, -0.25) is 16.0 Å². The van der Waals surface area contributed by atoms with Gasteiger partial charge in [0.15, 0.2) is 0 Å². The van der Waals surface area contributed by atoms with Crippen molar-refractivity contribution >= 4 is 23.4 Å². The minimum atomic E-state index is -0.683. The van der Waals surface area contributed by atoms with Crippen LogP contribution in [0.2, 0.25) is 0 Å². The maximum Gasteiger partial charge on any atom is 0.411 e. The molecule has 0 heterocycles. The number of carbonyl (C=O) groups excluding carboxylic acids is 2. The first kappa shape index (κ1) is 15.5. The highest BCUT2D eigenvalue weighted by Crippen LogP contribution is 2.19. The van der Waals surface area contributed by atoms with Crippen LogP contribution >= 0.6 is 0 Å². The number of benzene rings is 1. The van der Waals surface area contributed by atoms with Crippen molar-refractivity contribution in [3.8, 4) is 0 Å². The molecule has 0 aliphatic carbocycles. The van der Waals surface area contributed by atoms with Gasteiger partial charge in [0.1, 0.15) is 13.2 Å². The average molecular weight is 284 g/mol. The highest BCUT2D eigenvalue weighted by Gasteiger charge is 2.07. The van der Waals surface area contributed by atoms with Crippen LogP contribution in [0.1, 0.15) is 8.42 Å². The Morgan fingerprint density at radius 2 is 2.10 bits per heavy atom. The van der Waals surface area contributed by atoms with E-state index in [1.54, 1.807) is 25.1 Å². The Hall–Kier alpha value is -2.54. The minimum Gasteiger partial charge on any atom is -0.459 e. The second kappa shape index (κ2) is 7.80. The third kappa shape index (κ3) is 4.99. The van der Waals surface area contributed by atoms with E-state index < -0.39 is 12.1 Å². The fraction of sp³-hybridized carbons (Fsp3) is 0.231. The molecule has 0 spiro atoms. The summed E-state index contributed by atoms with van der Waals surface area (Å²) in [6, 6.07) is 4.93. The molecule has 7 heteroatoms. The molecule has 0 atom stereocenters. The van der Waals surface area contributed by atoms with Crippen LogP contribution in [-0.4, -0.2) is 30.5 Å². The van der Waals surface area contributed by atoms with Crippen LogP contribution in [0.3, 0.4) is 0 Å². The first-order valence-corrected chi connectivity index (χ1v) is 5.80. The Balaban J connectivity index is 0. The second-order valence-corrected chi connectivity index (χ2v) is 3.77. The standard InChI is InChI=1S/C13H16N2O5.2H2/c1-3-12(16)19-6-7-20-13(17)14-11-8-10(15-18)5-4-9(11)2;;/h3-5,8,15,18H,1,6-7H2,2H3,(H,14,17);2*1H. The number of ether oxygens (including phenoxy) is 2. The monoisotopic (exact) mass is 284 g/mol. The van der Waals surface area contributed by atoms with Crippen LogP contribution in [0.5, 0.6) is 0 Å². The van der Waals surface area contributed by atoms with E-state index in [-0.39, 0.29) is 16.1 Å². The topological polar surface area (TPSA) is 96.9 Å². The SMILES string of the molecule is C=CC(=O)OCCOC(=O)Nc1cc(NO)ccc1C.[HH].[HH]. The summed E-state index contributed by atoms with van der Waals surface area (Å²) in [4.78, 5) is 22.2. The van der Waals surface area contributed by atoms with Gasteiger partial charge in [0.2, 0.25) is 0 Å². The van der Waals surface area contributed by atoms with E-state index in [2.05, 4.69) is 16.6 Å². The van der Waals surface area contributed by atoms with Crippen molar-refractivity contribution in [1.82, 2.24) is 0 Å². The molecule has 1 rings (SSSR count). The molecule has 0 unspecified atom stereocenters. The van der Waals surface area contributed by atoms with Gasteiger partial charge in [0, 0.05) is 14.6 Å². The number of hydrogen-bond donors (Lipinski definition) is 3. The summed E-state index contributed by atoms with van der Waals surface area (Å²) in [7, 11) is 0. The van der Waals surface area contributed by atoms with Gasteiger partial charge in [-0.15, -0.1) is 0 Å². The predicted octanol–water partition coefficient (Wildman–Crippen LogP) is 2.57. The van der Waals surface area contributed by atoms with Crippen molar-refractivity contribution in [2.24, 2.45) is 0 Å². The lowest BCUT2D eigenvalue weighted by Gasteiger charge is -2.10. The van der Waals surface area contributed by atoms with Crippen LogP contribution in [0.4, 0.5) is 16.2 Å². The lowest BCUT2D eigenvalue weighted by atomic mass is 10.2. The number of aryl methyl sites for hydroxylation is 1. The summed E-state index contributed by atoms with van der Waals surface area (Å²) in [6.07, 6.45) is 0.342. The lowest BCUT2D eigenvalue weighted by Crippen LogP contribution is -2.18. The smallest absolute Gasteiger partial charge is 0.411 e. The summed E-state index contributed by atoms with van der Waals surface area (Å²) < 4.78 is 9.47. The molecule has 112 valence electrons. The molecule has 0 aliphatic heterocycles. The molecule has 1 aromatic rings. The molecule has 1 amide bonds. The summed E-state index contributed by atoms with van der Waals surface area (Å²) in [5, 5.41) is 11.3. The normalized spacial score (nSPS) is 9.50. The number of hydrogen-bond acceptors (Lipinski definition) is 6. The van der Waals surface area contributed by atoms with E-state index in [0.29, 0.717) is 11.4 Å². The quantitative estimate of drug-likeness (QED) is 0.321. The second-order valence-electron chi connectivity index (χ2n) is 3.77. The molecule has 0 bridgehead atoms. The maximum atomic E-state index is 11.5. The maximum absolute atomic E-state index is 11.5. The number of rotatable bonds is 6. The summed E-state index contributed by atoms with van der Waals surface area (Å²) >= 11 is 0. The van der Waals surface area contributed by atoms with Crippen molar-refractivity contribution in [2.75, 3.05) is 24.0 Å². The van der Waals surface area contributed by atoms with Gasteiger partial charge >= 0.3 is 12.1 Å². The highest BCUT2D eigenvalue weighted by molar-refractivity contribution is 5.86. The van der Waals surface area contributed by atoms with Gasteiger partial charge in [-0.2, -0.15) is 0 Å². The lowest BCUT2D eigenvalue weighted by molar-refractivity contribution is -0.138. The van der Waals surface area contributed by atoms with Gasteiger partial charge in [-0.05, 0) is 24.6 Å². The zero-order chi connectivity index (χ0) is 15.0. The van der Waals surface area contributed by atoms with E-state index in [1.807, 2.05) is 5.48 Å². The number of carbonyl (C=O) groups is 2. The van der Waals surface area contributed by atoms with Crippen molar-refractivity contribution < 1.29 is 27.1 Å². The van der Waals surface area contributed by atoms with Crippen molar-refractivity contribution in [3.05, 3.63) is 36.4 Å². The third-order valence-corrected chi connectivity index (χ3v) is 2.33. The fourth-order valence-electron chi connectivity index (χ4n) is 1.31. The van der Waals surface area contributed by atoms with Crippen LogP contribution in [0.25, 0.3) is 0 Å². The largest absolute Gasteiger partial charge is 0.459 e. The van der Waals surface area contributed by atoms with Crippen LogP contribution in [-0.2, 0) is 14.3 Å². The number of esters is 1. The van der Waals surface area contributed by atoms with Crippen molar-refractivity contribution in [1.29, 1.82) is 0 Å². The average Bonchev–Trinajstić information content (AvgIpc) is 2.45. The van der Waals surface area contributed by atoms with E-state index >= 15 is 0 Å². The molecular formula is C13H20N2O5. The Kier molecular flexibility index (Phi) is 6.05. The van der Waals surface area contributed by atoms with Crippen LogP contribution < -0.4 is 10.8 Å². The molecule has 20 heavy (non-hydrogen) atoms. The number of amides is 1. The Labute approximate surface area is 119 Å². The molecule has 0 aliphatic rings. The molecular weight excluding hydrogens is 264 g/mol. The van der Waals surface area contributed by atoms with Gasteiger partial charge in [0.25, 0.3) is 0 Å². The minimum absolute atomic E-state index is 0. The molecule has 1 aromatic carbocycles. The molecule has 0 saturated carbocycles. The Morgan fingerprint density at radius 1 is 1.40 bits per heavy atom. The van der Waals surface area contributed by atoms with Crippen LogP contribution in [0, 0.1) is 6.92 Å². The van der Waals surface area contributed by atoms with Gasteiger partial charge < -0.3 is 9.47 Å². The van der Waals surface area contributed by atoms with Gasteiger partial charge in [-0.1, -0.05) is 12.6 Å². The predicted molar refractivity (Wildman–Crippen MR) is 76.9 cm³/mol. The molecule has 0 saturated heterocycles. The summed E-state index contributed by atoms with van der Waals surface area (Å²) in [5.41, 5.74) is 3.72. The zero-order valence-electron chi connectivity index (χ0n) is 11.0. The van der Waals surface area contributed by atoms with Gasteiger partial charge in [0.05, 0.1) is 5.69 Å². The van der Waals surface area contributed by atoms with Crippen LogP contribution in [0.15, 0.2) is 30.9 Å². The molecule has 7 nitrogen and oxygen atoms in total. The van der Waals surface area contributed by atoms with E-state index in [0.717, 1.165) is 11.6 Å².